The molecule has 5 heteroatoms. The molecule has 0 aliphatic carbocycles. The third-order valence-corrected chi connectivity index (χ3v) is 4.56. The summed E-state index contributed by atoms with van der Waals surface area (Å²) in [6.07, 6.45) is 1.39. The highest BCUT2D eigenvalue weighted by Crippen LogP contribution is 2.20. The molecule has 1 heterocycles. The van der Waals surface area contributed by atoms with Gasteiger partial charge in [-0.3, -0.25) is 14.5 Å². The van der Waals surface area contributed by atoms with Crippen molar-refractivity contribution in [1.29, 1.82) is 0 Å². The van der Waals surface area contributed by atoms with Gasteiger partial charge >= 0.3 is 5.97 Å². The number of rotatable bonds is 5. The van der Waals surface area contributed by atoms with Crippen molar-refractivity contribution in [3.05, 3.63) is 65.7 Å². The Morgan fingerprint density at radius 2 is 1.76 bits per heavy atom. The summed E-state index contributed by atoms with van der Waals surface area (Å²) < 4.78 is 0. The fourth-order valence-corrected chi connectivity index (χ4v) is 3.14. The number of carbonyl (C=O) groups is 2. The van der Waals surface area contributed by atoms with Crippen molar-refractivity contribution in [2.45, 2.75) is 19.4 Å². The predicted molar refractivity (Wildman–Crippen MR) is 96.5 cm³/mol. The van der Waals surface area contributed by atoms with E-state index in [0.29, 0.717) is 18.4 Å². The van der Waals surface area contributed by atoms with E-state index in [1.807, 2.05) is 42.5 Å². The number of nitrogens with zero attached hydrogens (tertiary/aromatic N) is 1. The molecule has 0 aromatic heterocycles. The van der Waals surface area contributed by atoms with Crippen LogP contribution in [-0.2, 0) is 11.3 Å². The molecule has 1 aliphatic rings. The quantitative estimate of drug-likeness (QED) is 0.878. The van der Waals surface area contributed by atoms with Gasteiger partial charge in [-0.05, 0) is 55.8 Å². The molecular weight excluding hydrogens is 316 g/mol. The number of piperidine rings is 1. The molecule has 0 atom stereocenters. The molecule has 5 nitrogen and oxygen atoms in total. The van der Waals surface area contributed by atoms with Crippen LogP contribution < -0.4 is 5.32 Å². The van der Waals surface area contributed by atoms with Crippen molar-refractivity contribution in [2.75, 3.05) is 18.4 Å². The average Bonchev–Trinajstić information content (AvgIpc) is 2.63. The summed E-state index contributed by atoms with van der Waals surface area (Å²) >= 11 is 0. The van der Waals surface area contributed by atoms with E-state index in [4.69, 9.17) is 5.11 Å². The Balaban J connectivity index is 1.58. The SMILES string of the molecule is O=C(Nc1cccc(CN2CCC(C(=O)O)CC2)c1)c1ccccc1. The molecule has 0 unspecified atom stereocenters. The van der Waals surface area contributed by atoms with E-state index in [1.54, 1.807) is 12.1 Å². The summed E-state index contributed by atoms with van der Waals surface area (Å²) in [6.45, 7) is 2.34. The zero-order valence-electron chi connectivity index (χ0n) is 14.0. The number of carboxylic acids is 1. The van der Waals surface area contributed by atoms with E-state index in [0.717, 1.165) is 30.9 Å². The molecule has 0 bridgehead atoms. The molecule has 25 heavy (non-hydrogen) atoms. The number of anilines is 1. The lowest BCUT2D eigenvalue weighted by Crippen LogP contribution is -2.35. The van der Waals surface area contributed by atoms with Crippen LogP contribution >= 0.6 is 0 Å². The number of hydrogen-bond acceptors (Lipinski definition) is 3. The van der Waals surface area contributed by atoms with Crippen molar-refractivity contribution < 1.29 is 14.7 Å². The zero-order valence-corrected chi connectivity index (χ0v) is 14.0. The summed E-state index contributed by atoms with van der Waals surface area (Å²) in [4.78, 5) is 25.5. The highest BCUT2D eigenvalue weighted by molar-refractivity contribution is 6.04. The summed E-state index contributed by atoms with van der Waals surface area (Å²) in [5.41, 5.74) is 2.51. The topological polar surface area (TPSA) is 69.6 Å². The smallest absolute Gasteiger partial charge is 0.306 e. The molecule has 1 amide bonds. The van der Waals surface area contributed by atoms with Gasteiger partial charge in [-0.25, -0.2) is 0 Å². The van der Waals surface area contributed by atoms with E-state index in [-0.39, 0.29) is 11.8 Å². The van der Waals surface area contributed by atoms with Crippen LogP contribution in [0.1, 0.15) is 28.8 Å². The van der Waals surface area contributed by atoms with Gasteiger partial charge < -0.3 is 10.4 Å². The van der Waals surface area contributed by atoms with Gasteiger partial charge in [-0.15, -0.1) is 0 Å². The molecule has 0 radical (unpaired) electrons. The molecule has 2 aromatic rings. The standard InChI is InChI=1S/C20H22N2O3/c23-19(16-6-2-1-3-7-16)21-18-8-4-5-15(13-18)14-22-11-9-17(10-12-22)20(24)25/h1-8,13,17H,9-12,14H2,(H,21,23)(H,24,25). The van der Waals surface area contributed by atoms with Gasteiger partial charge in [0.1, 0.15) is 0 Å². The van der Waals surface area contributed by atoms with Crippen molar-refractivity contribution in [3.63, 3.8) is 0 Å². The fourth-order valence-electron chi connectivity index (χ4n) is 3.14. The Morgan fingerprint density at radius 3 is 2.44 bits per heavy atom. The van der Waals surface area contributed by atoms with Crippen LogP contribution in [0.15, 0.2) is 54.6 Å². The number of nitrogens with one attached hydrogen (secondary N) is 1. The lowest BCUT2D eigenvalue weighted by atomic mass is 9.97. The van der Waals surface area contributed by atoms with Gasteiger partial charge in [-0.2, -0.15) is 0 Å². The largest absolute Gasteiger partial charge is 0.481 e. The van der Waals surface area contributed by atoms with Crippen LogP contribution in [0.2, 0.25) is 0 Å². The molecule has 0 saturated carbocycles. The first-order valence-electron chi connectivity index (χ1n) is 8.52. The van der Waals surface area contributed by atoms with Crippen LogP contribution in [0.3, 0.4) is 0 Å². The highest BCUT2D eigenvalue weighted by Gasteiger charge is 2.24. The predicted octanol–water partition coefficient (Wildman–Crippen LogP) is 3.24. The van der Waals surface area contributed by atoms with Crippen molar-refractivity contribution >= 4 is 17.6 Å². The Kier molecular flexibility index (Phi) is 5.46. The van der Waals surface area contributed by atoms with Crippen molar-refractivity contribution in [1.82, 2.24) is 4.90 Å². The Hall–Kier alpha value is -2.66. The van der Waals surface area contributed by atoms with E-state index in [1.165, 1.54) is 0 Å². The third kappa shape index (κ3) is 4.67. The molecule has 1 aliphatic heterocycles. The number of aliphatic carboxylic acids is 1. The first kappa shape index (κ1) is 17.2. The summed E-state index contributed by atoms with van der Waals surface area (Å²) in [5.74, 6) is -1.03. The zero-order chi connectivity index (χ0) is 17.6. The fraction of sp³-hybridized carbons (Fsp3) is 0.300. The van der Waals surface area contributed by atoms with Crippen LogP contribution in [0.4, 0.5) is 5.69 Å². The first-order valence-corrected chi connectivity index (χ1v) is 8.52. The Morgan fingerprint density at radius 1 is 1.04 bits per heavy atom. The number of hydrogen-bond donors (Lipinski definition) is 2. The van der Waals surface area contributed by atoms with Crippen molar-refractivity contribution in [3.8, 4) is 0 Å². The maximum Gasteiger partial charge on any atom is 0.306 e. The number of amides is 1. The normalized spacial score (nSPS) is 15.7. The molecular formula is C20H22N2O3. The molecule has 3 rings (SSSR count). The summed E-state index contributed by atoms with van der Waals surface area (Å²) in [7, 11) is 0. The number of carbonyl (C=O) groups excluding carboxylic acids is 1. The Labute approximate surface area is 147 Å². The second-order valence-corrected chi connectivity index (χ2v) is 6.41. The molecule has 1 fully saturated rings. The molecule has 130 valence electrons. The van der Waals surface area contributed by atoms with Gasteiger partial charge in [0.2, 0.25) is 0 Å². The van der Waals surface area contributed by atoms with Crippen LogP contribution in [-0.4, -0.2) is 35.0 Å². The third-order valence-electron chi connectivity index (χ3n) is 4.56. The molecule has 0 spiro atoms. The average molecular weight is 338 g/mol. The maximum atomic E-state index is 12.2. The monoisotopic (exact) mass is 338 g/mol. The first-order chi connectivity index (χ1) is 12.1. The van der Waals surface area contributed by atoms with Gasteiger partial charge in [0.05, 0.1) is 5.92 Å². The number of carboxylic acid groups (broad SMARTS) is 1. The van der Waals surface area contributed by atoms with Crippen LogP contribution in [0.5, 0.6) is 0 Å². The second kappa shape index (κ2) is 7.94. The minimum absolute atomic E-state index is 0.125. The molecule has 2 aromatic carbocycles. The van der Waals surface area contributed by atoms with E-state index in [2.05, 4.69) is 10.2 Å². The van der Waals surface area contributed by atoms with E-state index < -0.39 is 5.97 Å². The summed E-state index contributed by atoms with van der Waals surface area (Å²) in [5, 5.41) is 12.0. The second-order valence-electron chi connectivity index (χ2n) is 6.41. The summed E-state index contributed by atoms with van der Waals surface area (Å²) in [6, 6.07) is 16.9. The van der Waals surface area contributed by atoms with Gasteiger partial charge in [-0.1, -0.05) is 30.3 Å². The highest BCUT2D eigenvalue weighted by atomic mass is 16.4. The number of benzene rings is 2. The molecule has 1 saturated heterocycles. The van der Waals surface area contributed by atoms with Gasteiger partial charge in [0, 0.05) is 17.8 Å². The van der Waals surface area contributed by atoms with E-state index >= 15 is 0 Å². The Bertz CT molecular complexity index is 738. The van der Waals surface area contributed by atoms with Crippen molar-refractivity contribution in [2.24, 2.45) is 5.92 Å². The lowest BCUT2D eigenvalue weighted by Gasteiger charge is -2.30. The van der Waals surface area contributed by atoms with Gasteiger partial charge in [0.25, 0.3) is 5.91 Å². The minimum Gasteiger partial charge on any atom is -0.481 e. The minimum atomic E-state index is -0.690. The van der Waals surface area contributed by atoms with Crippen LogP contribution in [0.25, 0.3) is 0 Å². The maximum absolute atomic E-state index is 12.2. The van der Waals surface area contributed by atoms with Crippen LogP contribution in [0, 0.1) is 5.92 Å². The van der Waals surface area contributed by atoms with E-state index in [9.17, 15) is 9.59 Å². The van der Waals surface area contributed by atoms with Gasteiger partial charge in [0.15, 0.2) is 0 Å². The number of likely N-dealkylation sites (tertiary alicyclic amines) is 1. The molecule has 2 N–H and O–H groups in total. The lowest BCUT2D eigenvalue weighted by molar-refractivity contribution is -0.143.